The fraction of sp³-hybridized carbons (Fsp3) is 0.429. The number of hydrogen-bond donors (Lipinski definition) is 1. The van der Waals surface area contributed by atoms with Crippen molar-refractivity contribution in [3.05, 3.63) is 28.8 Å². The van der Waals surface area contributed by atoms with Crippen LogP contribution in [0.15, 0.2) is 18.2 Å². The van der Waals surface area contributed by atoms with Crippen LogP contribution < -0.4 is 5.73 Å². The summed E-state index contributed by atoms with van der Waals surface area (Å²) in [5.74, 6) is -0.686. The third-order valence-corrected chi connectivity index (χ3v) is 3.47. The summed E-state index contributed by atoms with van der Waals surface area (Å²) in [6.07, 6.45) is 1.79. The number of amides is 1. The van der Waals surface area contributed by atoms with E-state index in [1.54, 1.807) is 25.1 Å². The molecule has 108 valence electrons. The predicted molar refractivity (Wildman–Crippen MR) is 76.6 cm³/mol. The molecule has 2 rings (SSSR count). The number of nitrogens with zero attached hydrogens (tertiary/aromatic N) is 1. The lowest BCUT2D eigenvalue weighted by atomic mass is 10.1. The summed E-state index contributed by atoms with van der Waals surface area (Å²) in [4.78, 5) is 25.6. The first-order valence-corrected chi connectivity index (χ1v) is 6.93. The molecule has 0 unspecified atom stereocenters. The highest BCUT2D eigenvalue weighted by Gasteiger charge is 2.35. The second-order valence-electron chi connectivity index (χ2n) is 4.67. The Kier molecular flexibility index (Phi) is 4.49. The number of carbonyl (C=O) groups is 2. The molecule has 1 aromatic carbocycles. The van der Waals surface area contributed by atoms with E-state index in [0.717, 1.165) is 12.8 Å². The highest BCUT2D eigenvalue weighted by Crippen LogP contribution is 2.30. The van der Waals surface area contributed by atoms with Gasteiger partial charge in [0.05, 0.1) is 22.9 Å². The zero-order chi connectivity index (χ0) is 14.7. The normalized spacial score (nSPS) is 13.9. The molecule has 0 aromatic heterocycles. The van der Waals surface area contributed by atoms with Crippen molar-refractivity contribution in [1.82, 2.24) is 4.90 Å². The Morgan fingerprint density at radius 2 is 2.15 bits per heavy atom. The fourth-order valence-electron chi connectivity index (χ4n) is 1.98. The molecule has 0 saturated heterocycles. The van der Waals surface area contributed by atoms with Crippen molar-refractivity contribution < 1.29 is 14.3 Å². The molecule has 1 fully saturated rings. The van der Waals surface area contributed by atoms with Gasteiger partial charge in [0.15, 0.2) is 0 Å². The van der Waals surface area contributed by atoms with Crippen LogP contribution in [0.5, 0.6) is 0 Å². The molecule has 1 aromatic rings. The predicted octanol–water partition coefficient (Wildman–Crippen LogP) is 2.09. The van der Waals surface area contributed by atoms with Crippen molar-refractivity contribution in [3.63, 3.8) is 0 Å². The summed E-state index contributed by atoms with van der Waals surface area (Å²) in [6.45, 7) is 1.98. The molecule has 0 heterocycles. The zero-order valence-corrected chi connectivity index (χ0v) is 12.0. The number of nitrogen functional groups attached to an aromatic ring is 1. The summed E-state index contributed by atoms with van der Waals surface area (Å²) >= 11 is 5.93. The van der Waals surface area contributed by atoms with Gasteiger partial charge in [-0.05, 0) is 31.9 Å². The van der Waals surface area contributed by atoms with Crippen LogP contribution >= 0.6 is 11.6 Å². The monoisotopic (exact) mass is 296 g/mol. The first-order valence-electron chi connectivity index (χ1n) is 6.55. The number of ether oxygens (including phenoxy) is 1. The smallest absolute Gasteiger partial charge is 0.325 e. The standard InChI is InChI=1S/C14H17ClN2O3/c1-2-20-12(18)8-17(9-6-7-9)14(19)10-4-3-5-11(15)13(10)16/h3-5,9H,2,6-8,16H2,1H3. The molecule has 6 heteroatoms. The van der Waals surface area contributed by atoms with Gasteiger partial charge in [-0.25, -0.2) is 0 Å². The van der Waals surface area contributed by atoms with Gasteiger partial charge in [-0.15, -0.1) is 0 Å². The molecule has 0 atom stereocenters. The first kappa shape index (κ1) is 14.7. The maximum absolute atomic E-state index is 12.5. The number of rotatable bonds is 5. The summed E-state index contributed by atoms with van der Waals surface area (Å²) < 4.78 is 4.90. The number of nitrogens with two attached hydrogens (primary N) is 1. The van der Waals surface area contributed by atoms with E-state index in [9.17, 15) is 9.59 Å². The number of halogens is 1. The van der Waals surface area contributed by atoms with E-state index in [1.807, 2.05) is 0 Å². The van der Waals surface area contributed by atoms with Gasteiger partial charge in [-0.3, -0.25) is 9.59 Å². The third-order valence-electron chi connectivity index (χ3n) is 3.14. The van der Waals surface area contributed by atoms with Crippen LogP contribution in [0.1, 0.15) is 30.1 Å². The Labute approximate surface area is 122 Å². The molecule has 1 aliphatic carbocycles. The molecule has 2 N–H and O–H groups in total. The fourth-order valence-corrected chi connectivity index (χ4v) is 2.15. The molecule has 0 spiro atoms. The quantitative estimate of drug-likeness (QED) is 0.667. The van der Waals surface area contributed by atoms with Crippen LogP contribution in [0.3, 0.4) is 0 Å². The van der Waals surface area contributed by atoms with Crippen molar-refractivity contribution in [1.29, 1.82) is 0 Å². The molecule has 5 nitrogen and oxygen atoms in total. The van der Waals surface area contributed by atoms with E-state index in [2.05, 4.69) is 0 Å². The van der Waals surface area contributed by atoms with Crippen LogP contribution in [0.4, 0.5) is 5.69 Å². The third kappa shape index (κ3) is 3.22. The Balaban J connectivity index is 2.19. The molecule has 0 aliphatic heterocycles. The highest BCUT2D eigenvalue weighted by atomic mass is 35.5. The van der Waals surface area contributed by atoms with E-state index >= 15 is 0 Å². The number of benzene rings is 1. The van der Waals surface area contributed by atoms with Crippen LogP contribution in [-0.2, 0) is 9.53 Å². The van der Waals surface area contributed by atoms with Gasteiger partial charge in [0.1, 0.15) is 6.54 Å². The summed E-state index contributed by atoms with van der Waals surface area (Å²) in [6, 6.07) is 5.00. The second kappa shape index (κ2) is 6.13. The molecular weight excluding hydrogens is 280 g/mol. The van der Waals surface area contributed by atoms with Crippen LogP contribution in [0.25, 0.3) is 0 Å². The van der Waals surface area contributed by atoms with Crippen LogP contribution in [0.2, 0.25) is 5.02 Å². The largest absolute Gasteiger partial charge is 0.465 e. The molecule has 1 saturated carbocycles. The van der Waals surface area contributed by atoms with Crippen molar-refractivity contribution >= 4 is 29.2 Å². The van der Waals surface area contributed by atoms with Gasteiger partial charge in [0, 0.05) is 6.04 Å². The van der Waals surface area contributed by atoms with E-state index in [0.29, 0.717) is 17.2 Å². The minimum absolute atomic E-state index is 0.0523. The van der Waals surface area contributed by atoms with Crippen molar-refractivity contribution in [3.8, 4) is 0 Å². The maximum Gasteiger partial charge on any atom is 0.325 e. The van der Waals surface area contributed by atoms with Gasteiger partial charge in [-0.1, -0.05) is 17.7 Å². The zero-order valence-electron chi connectivity index (χ0n) is 11.3. The molecule has 1 aliphatic rings. The SMILES string of the molecule is CCOC(=O)CN(C(=O)c1cccc(Cl)c1N)C1CC1. The van der Waals surface area contributed by atoms with Crippen LogP contribution in [-0.4, -0.2) is 36.0 Å². The minimum atomic E-state index is -0.409. The lowest BCUT2D eigenvalue weighted by Gasteiger charge is -2.22. The first-order chi connectivity index (χ1) is 9.54. The van der Waals surface area contributed by atoms with Gasteiger partial charge in [0.25, 0.3) is 5.91 Å². The Bertz CT molecular complexity index is 529. The highest BCUT2D eigenvalue weighted by molar-refractivity contribution is 6.33. The summed E-state index contributed by atoms with van der Waals surface area (Å²) in [5.41, 5.74) is 6.41. The summed E-state index contributed by atoms with van der Waals surface area (Å²) in [7, 11) is 0. The number of para-hydroxylation sites is 1. The van der Waals surface area contributed by atoms with Crippen molar-refractivity contribution in [2.75, 3.05) is 18.9 Å². The lowest BCUT2D eigenvalue weighted by molar-refractivity contribution is -0.144. The Morgan fingerprint density at radius 3 is 2.75 bits per heavy atom. The van der Waals surface area contributed by atoms with E-state index in [-0.39, 0.29) is 24.2 Å². The van der Waals surface area contributed by atoms with Gasteiger partial charge in [0.2, 0.25) is 0 Å². The lowest BCUT2D eigenvalue weighted by Crippen LogP contribution is -2.38. The topological polar surface area (TPSA) is 72.6 Å². The number of hydrogen-bond acceptors (Lipinski definition) is 4. The molecule has 0 bridgehead atoms. The minimum Gasteiger partial charge on any atom is -0.465 e. The average molecular weight is 297 g/mol. The Hall–Kier alpha value is -1.75. The van der Waals surface area contributed by atoms with E-state index < -0.39 is 5.97 Å². The molecule has 0 radical (unpaired) electrons. The average Bonchev–Trinajstić information content (AvgIpc) is 3.23. The molecule has 20 heavy (non-hydrogen) atoms. The Morgan fingerprint density at radius 1 is 1.45 bits per heavy atom. The maximum atomic E-state index is 12.5. The van der Waals surface area contributed by atoms with Crippen LogP contribution in [0, 0.1) is 0 Å². The number of carbonyl (C=O) groups excluding carboxylic acids is 2. The number of esters is 1. The molecule has 1 amide bonds. The van der Waals surface area contributed by atoms with Gasteiger partial charge in [-0.2, -0.15) is 0 Å². The van der Waals surface area contributed by atoms with E-state index in [4.69, 9.17) is 22.1 Å². The van der Waals surface area contributed by atoms with Crippen molar-refractivity contribution in [2.45, 2.75) is 25.8 Å². The van der Waals surface area contributed by atoms with Crippen molar-refractivity contribution in [2.24, 2.45) is 0 Å². The van der Waals surface area contributed by atoms with Gasteiger partial charge < -0.3 is 15.4 Å². The van der Waals surface area contributed by atoms with E-state index in [1.165, 1.54) is 4.90 Å². The second-order valence-corrected chi connectivity index (χ2v) is 5.08. The van der Waals surface area contributed by atoms with Gasteiger partial charge >= 0.3 is 5.97 Å². The summed E-state index contributed by atoms with van der Waals surface area (Å²) in [5, 5.41) is 0.336. The number of anilines is 1. The molecular formula is C14H17ClN2O3.